The first-order chi connectivity index (χ1) is 16.6. The maximum Gasteiger partial charge on any atom is 0.227 e. The van der Waals surface area contributed by atoms with Gasteiger partial charge in [-0.2, -0.15) is 0 Å². The molecule has 7 nitrogen and oxygen atoms in total. The molecule has 1 aliphatic rings. The fourth-order valence-corrected chi connectivity index (χ4v) is 3.69. The standard InChI is InChI=1S/C25H27F2N5O2/c26-20-3-1-2-18(12-20)15-31-25(33)14-24-29-16-19(17-30-24)22-5-4-21(13-23(22)27)34-11-10-32-8-6-28-7-9-32/h1-5,12-13,16-17,28H,6-11,14-15H2,(H,31,33). The van der Waals surface area contributed by atoms with Crippen LogP contribution < -0.4 is 15.4 Å². The number of ether oxygens (including phenoxy) is 1. The molecule has 1 saturated heterocycles. The number of carbonyl (C=O) groups is 1. The number of carbonyl (C=O) groups excluding carboxylic acids is 1. The summed E-state index contributed by atoms with van der Waals surface area (Å²) in [7, 11) is 0. The molecular formula is C25H27F2N5O2. The van der Waals surface area contributed by atoms with Crippen molar-refractivity contribution in [2.75, 3.05) is 39.3 Å². The van der Waals surface area contributed by atoms with E-state index in [1.54, 1.807) is 24.3 Å². The van der Waals surface area contributed by atoms with Gasteiger partial charge in [-0.15, -0.1) is 0 Å². The van der Waals surface area contributed by atoms with Crippen molar-refractivity contribution in [2.45, 2.75) is 13.0 Å². The zero-order chi connectivity index (χ0) is 23.8. The van der Waals surface area contributed by atoms with E-state index in [1.807, 2.05) is 0 Å². The molecule has 1 amide bonds. The van der Waals surface area contributed by atoms with Crippen LogP contribution in [0.5, 0.6) is 5.75 Å². The Morgan fingerprint density at radius 3 is 2.62 bits per heavy atom. The lowest BCUT2D eigenvalue weighted by molar-refractivity contribution is -0.120. The second-order valence-electron chi connectivity index (χ2n) is 8.05. The number of benzene rings is 2. The van der Waals surface area contributed by atoms with Crippen molar-refractivity contribution >= 4 is 5.91 Å². The second kappa shape index (κ2) is 11.6. The molecule has 9 heteroatoms. The number of aromatic nitrogens is 2. The molecule has 0 saturated carbocycles. The zero-order valence-electron chi connectivity index (χ0n) is 18.8. The SMILES string of the molecule is O=C(Cc1ncc(-c2ccc(OCCN3CCNCC3)cc2F)cn1)NCc1cccc(F)c1. The molecule has 1 fully saturated rings. The van der Waals surface area contributed by atoms with Crippen LogP contribution in [-0.4, -0.2) is 60.1 Å². The Balaban J connectivity index is 1.28. The number of nitrogens with one attached hydrogen (secondary N) is 2. The Morgan fingerprint density at radius 2 is 1.88 bits per heavy atom. The Kier molecular flexibility index (Phi) is 8.11. The Morgan fingerprint density at radius 1 is 1.09 bits per heavy atom. The average Bonchev–Trinajstić information content (AvgIpc) is 2.84. The van der Waals surface area contributed by atoms with Crippen molar-refractivity contribution in [2.24, 2.45) is 0 Å². The third kappa shape index (κ3) is 6.79. The minimum Gasteiger partial charge on any atom is -0.492 e. The maximum absolute atomic E-state index is 14.7. The normalized spacial score (nSPS) is 14.1. The summed E-state index contributed by atoms with van der Waals surface area (Å²) >= 11 is 0. The number of amides is 1. The van der Waals surface area contributed by atoms with Crippen LogP contribution in [0.1, 0.15) is 11.4 Å². The maximum atomic E-state index is 14.7. The molecule has 0 spiro atoms. The highest BCUT2D eigenvalue weighted by molar-refractivity contribution is 5.77. The summed E-state index contributed by atoms with van der Waals surface area (Å²) < 4.78 is 33.6. The number of piperazine rings is 1. The van der Waals surface area contributed by atoms with Crippen LogP contribution in [0, 0.1) is 11.6 Å². The van der Waals surface area contributed by atoms with Crippen molar-refractivity contribution in [1.82, 2.24) is 25.5 Å². The van der Waals surface area contributed by atoms with E-state index in [1.165, 1.54) is 30.6 Å². The Bertz CT molecular complexity index is 1100. The van der Waals surface area contributed by atoms with Gasteiger partial charge in [-0.25, -0.2) is 18.7 Å². The third-order valence-electron chi connectivity index (χ3n) is 5.54. The molecule has 0 atom stereocenters. The lowest BCUT2D eigenvalue weighted by atomic mass is 10.1. The van der Waals surface area contributed by atoms with Gasteiger partial charge in [0.15, 0.2) is 0 Å². The third-order valence-corrected chi connectivity index (χ3v) is 5.54. The van der Waals surface area contributed by atoms with E-state index in [0.29, 0.717) is 34.9 Å². The van der Waals surface area contributed by atoms with E-state index in [0.717, 1.165) is 32.7 Å². The molecule has 1 aliphatic heterocycles. The highest BCUT2D eigenvalue weighted by Crippen LogP contribution is 2.25. The van der Waals surface area contributed by atoms with Crippen LogP contribution in [0.4, 0.5) is 8.78 Å². The summed E-state index contributed by atoms with van der Waals surface area (Å²) in [5, 5.41) is 6.01. The van der Waals surface area contributed by atoms with Gasteiger partial charge in [-0.1, -0.05) is 12.1 Å². The molecule has 1 aromatic heterocycles. The largest absolute Gasteiger partial charge is 0.492 e. The van der Waals surface area contributed by atoms with E-state index >= 15 is 0 Å². The molecule has 4 rings (SSSR count). The topological polar surface area (TPSA) is 79.4 Å². The van der Waals surface area contributed by atoms with Crippen LogP contribution in [0.15, 0.2) is 54.9 Å². The average molecular weight is 468 g/mol. The summed E-state index contributed by atoms with van der Waals surface area (Å²) in [6.45, 7) is 5.44. The summed E-state index contributed by atoms with van der Waals surface area (Å²) in [4.78, 5) is 22.8. The van der Waals surface area contributed by atoms with Gasteiger partial charge in [-0.3, -0.25) is 9.69 Å². The summed E-state index contributed by atoms with van der Waals surface area (Å²) in [6.07, 6.45) is 2.95. The smallest absolute Gasteiger partial charge is 0.227 e. The van der Waals surface area contributed by atoms with E-state index in [-0.39, 0.29) is 24.7 Å². The number of hydrogen-bond donors (Lipinski definition) is 2. The fraction of sp³-hybridized carbons (Fsp3) is 0.320. The van der Waals surface area contributed by atoms with Crippen molar-refractivity contribution in [3.8, 4) is 16.9 Å². The van der Waals surface area contributed by atoms with Crippen molar-refractivity contribution in [1.29, 1.82) is 0 Å². The minimum atomic E-state index is -0.427. The number of halogens is 2. The Labute approximate surface area is 197 Å². The Hall–Kier alpha value is -3.43. The number of hydrogen-bond acceptors (Lipinski definition) is 6. The summed E-state index contributed by atoms with van der Waals surface area (Å²) in [5.74, 6) is -0.278. The van der Waals surface area contributed by atoms with Gasteiger partial charge in [-0.05, 0) is 29.8 Å². The van der Waals surface area contributed by atoms with Gasteiger partial charge in [0.1, 0.15) is 29.8 Å². The second-order valence-corrected chi connectivity index (χ2v) is 8.05. The molecule has 2 heterocycles. The van der Waals surface area contributed by atoms with Crippen molar-refractivity contribution in [3.05, 3.63) is 77.9 Å². The first-order valence-corrected chi connectivity index (χ1v) is 11.2. The molecule has 2 N–H and O–H groups in total. The van der Waals surface area contributed by atoms with Crippen LogP contribution >= 0.6 is 0 Å². The predicted octanol–water partition coefficient (Wildman–Crippen LogP) is 2.56. The van der Waals surface area contributed by atoms with Crippen LogP contribution in [-0.2, 0) is 17.8 Å². The van der Waals surface area contributed by atoms with Gasteiger partial charge < -0.3 is 15.4 Å². The highest BCUT2D eigenvalue weighted by Gasteiger charge is 2.12. The van der Waals surface area contributed by atoms with Crippen LogP contribution in [0.3, 0.4) is 0 Å². The number of nitrogens with zero attached hydrogens (tertiary/aromatic N) is 3. The van der Waals surface area contributed by atoms with E-state index in [4.69, 9.17) is 4.74 Å². The van der Waals surface area contributed by atoms with Crippen LogP contribution in [0.25, 0.3) is 11.1 Å². The molecule has 178 valence electrons. The van der Waals surface area contributed by atoms with Gasteiger partial charge >= 0.3 is 0 Å². The van der Waals surface area contributed by atoms with Crippen molar-refractivity contribution < 1.29 is 18.3 Å². The first-order valence-electron chi connectivity index (χ1n) is 11.2. The van der Waals surface area contributed by atoms with Gasteiger partial charge in [0.2, 0.25) is 5.91 Å². The minimum absolute atomic E-state index is 0.0298. The quantitative estimate of drug-likeness (QED) is 0.504. The van der Waals surface area contributed by atoms with Crippen LogP contribution in [0.2, 0.25) is 0 Å². The summed E-state index contributed by atoms with van der Waals surface area (Å²) in [5.41, 5.74) is 1.53. The zero-order valence-corrected chi connectivity index (χ0v) is 18.8. The molecule has 0 radical (unpaired) electrons. The molecule has 2 aromatic carbocycles. The van der Waals surface area contributed by atoms with E-state index in [2.05, 4.69) is 25.5 Å². The lowest BCUT2D eigenvalue weighted by Gasteiger charge is -2.26. The first kappa shape index (κ1) is 23.7. The van der Waals surface area contributed by atoms with E-state index in [9.17, 15) is 13.6 Å². The molecule has 0 unspecified atom stereocenters. The molecule has 3 aromatic rings. The predicted molar refractivity (Wildman–Crippen MR) is 124 cm³/mol. The molecule has 34 heavy (non-hydrogen) atoms. The summed E-state index contributed by atoms with van der Waals surface area (Å²) in [6, 6.07) is 10.8. The van der Waals surface area contributed by atoms with Gasteiger partial charge in [0.05, 0.1) is 6.42 Å². The van der Waals surface area contributed by atoms with Crippen molar-refractivity contribution in [3.63, 3.8) is 0 Å². The van der Waals surface area contributed by atoms with Gasteiger partial charge in [0.25, 0.3) is 0 Å². The number of rotatable bonds is 9. The van der Waals surface area contributed by atoms with Gasteiger partial charge in [0, 0.05) is 68.9 Å². The molecule has 0 aliphatic carbocycles. The molecule has 0 bridgehead atoms. The monoisotopic (exact) mass is 467 g/mol. The van der Waals surface area contributed by atoms with E-state index < -0.39 is 5.82 Å². The molecular weight excluding hydrogens is 440 g/mol. The fourth-order valence-electron chi connectivity index (χ4n) is 3.69. The lowest BCUT2D eigenvalue weighted by Crippen LogP contribution is -2.44. The highest BCUT2D eigenvalue weighted by atomic mass is 19.1.